The van der Waals surface area contributed by atoms with E-state index in [-0.39, 0.29) is 17.6 Å². The molecule has 0 bridgehead atoms. The number of amides is 1. The van der Waals surface area contributed by atoms with E-state index in [0.717, 1.165) is 29.7 Å². The Morgan fingerprint density at radius 3 is 2.79 bits per heavy atom. The first-order valence-electron chi connectivity index (χ1n) is 8.16. The molecule has 1 aliphatic carbocycles. The van der Waals surface area contributed by atoms with E-state index in [4.69, 9.17) is 0 Å². The normalized spacial score (nSPS) is 15.4. The fourth-order valence-electron chi connectivity index (χ4n) is 3.14. The summed E-state index contributed by atoms with van der Waals surface area (Å²) in [5, 5.41) is 3.00. The SMILES string of the molecule is O=C(NCc1ncc2ccccn12)C(c1ccc(F)cc1)C1CC1. The van der Waals surface area contributed by atoms with Gasteiger partial charge in [0.15, 0.2) is 0 Å². The van der Waals surface area contributed by atoms with Gasteiger partial charge in [-0.05, 0) is 48.6 Å². The number of hydrogen-bond donors (Lipinski definition) is 1. The van der Waals surface area contributed by atoms with E-state index >= 15 is 0 Å². The zero-order valence-corrected chi connectivity index (χ0v) is 13.2. The third-order valence-electron chi connectivity index (χ3n) is 4.54. The minimum Gasteiger partial charge on any atom is -0.348 e. The molecule has 2 heterocycles. The molecule has 1 aliphatic rings. The zero-order valence-electron chi connectivity index (χ0n) is 13.2. The lowest BCUT2D eigenvalue weighted by atomic mass is 9.93. The van der Waals surface area contributed by atoms with Gasteiger partial charge < -0.3 is 9.72 Å². The maximum Gasteiger partial charge on any atom is 0.228 e. The summed E-state index contributed by atoms with van der Waals surface area (Å²) in [7, 11) is 0. The maximum absolute atomic E-state index is 13.1. The molecule has 122 valence electrons. The van der Waals surface area contributed by atoms with Crippen LogP contribution in [0.25, 0.3) is 5.52 Å². The van der Waals surface area contributed by atoms with Crippen molar-refractivity contribution < 1.29 is 9.18 Å². The topological polar surface area (TPSA) is 46.4 Å². The van der Waals surface area contributed by atoms with Gasteiger partial charge in [0.05, 0.1) is 24.2 Å². The predicted octanol–water partition coefficient (Wildman–Crippen LogP) is 3.28. The van der Waals surface area contributed by atoms with Gasteiger partial charge in [0, 0.05) is 6.20 Å². The smallest absolute Gasteiger partial charge is 0.228 e. The highest BCUT2D eigenvalue weighted by Gasteiger charge is 2.37. The number of benzene rings is 1. The van der Waals surface area contributed by atoms with Crippen LogP contribution in [0.3, 0.4) is 0 Å². The molecule has 0 radical (unpaired) electrons. The van der Waals surface area contributed by atoms with E-state index in [1.165, 1.54) is 12.1 Å². The van der Waals surface area contributed by atoms with E-state index in [1.54, 1.807) is 18.3 Å². The quantitative estimate of drug-likeness (QED) is 0.783. The standard InChI is InChI=1S/C19H18FN3O/c20-15-8-6-14(7-9-15)18(13-4-5-13)19(24)22-12-17-21-11-16-3-1-2-10-23(16)17/h1-3,6-11,13,18H,4-5,12H2,(H,22,24). The second-order valence-corrected chi connectivity index (χ2v) is 6.25. The predicted molar refractivity (Wildman–Crippen MR) is 88.9 cm³/mol. The Morgan fingerprint density at radius 1 is 1.25 bits per heavy atom. The number of fused-ring (bicyclic) bond motifs is 1. The summed E-state index contributed by atoms with van der Waals surface area (Å²) < 4.78 is 15.1. The van der Waals surface area contributed by atoms with Crippen LogP contribution < -0.4 is 5.32 Å². The van der Waals surface area contributed by atoms with Crippen molar-refractivity contribution in [2.24, 2.45) is 5.92 Å². The van der Waals surface area contributed by atoms with E-state index < -0.39 is 0 Å². The van der Waals surface area contributed by atoms with Gasteiger partial charge in [0.2, 0.25) is 5.91 Å². The van der Waals surface area contributed by atoms with E-state index in [2.05, 4.69) is 10.3 Å². The van der Waals surface area contributed by atoms with E-state index in [9.17, 15) is 9.18 Å². The number of rotatable bonds is 5. The van der Waals surface area contributed by atoms with Crippen molar-refractivity contribution in [1.82, 2.24) is 14.7 Å². The van der Waals surface area contributed by atoms with Gasteiger partial charge >= 0.3 is 0 Å². The highest BCUT2D eigenvalue weighted by Crippen LogP contribution is 2.42. The monoisotopic (exact) mass is 323 g/mol. The molecule has 0 saturated heterocycles. The summed E-state index contributed by atoms with van der Waals surface area (Å²) >= 11 is 0. The van der Waals surface area contributed by atoms with Crippen LogP contribution in [0.5, 0.6) is 0 Å². The number of halogens is 1. The second-order valence-electron chi connectivity index (χ2n) is 6.25. The molecule has 24 heavy (non-hydrogen) atoms. The van der Waals surface area contributed by atoms with Gasteiger partial charge in [0.25, 0.3) is 0 Å². The number of imidazole rings is 1. The fraction of sp³-hybridized carbons (Fsp3) is 0.263. The van der Waals surface area contributed by atoms with Gasteiger partial charge in [-0.2, -0.15) is 0 Å². The molecule has 1 aromatic carbocycles. The number of nitrogens with zero attached hydrogens (tertiary/aromatic N) is 2. The molecular formula is C19H18FN3O. The minimum atomic E-state index is -0.280. The third kappa shape index (κ3) is 2.89. The Balaban J connectivity index is 1.50. The van der Waals surface area contributed by atoms with E-state index in [1.807, 2.05) is 28.8 Å². The molecule has 5 heteroatoms. The van der Waals surface area contributed by atoms with Gasteiger partial charge in [-0.1, -0.05) is 18.2 Å². The zero-order chi connectivity index (χ0) is 16.5. The first-order valence-corrected chi connectivity index (χ1v) is 8.16. The molecule has 1 fully saturated rings. The number of nitrogens with one attached hydrogen (secondary N) is 1. The van der Waals surface area contributed by atoms with Gasteiger partial charge in [-0.25, -0.2) is 9.37 Å². The number of hydrogen-bond acceptors (Lipinski definition) is 2. The Hall–Kier alpha value is -2.69. The summed E-state index contributed by atoms with van der Waals surface area (Å²) in [6.07, 6.45) is 5.81. The molecule has 2 aromatic heterocycles. The van der Waals surface area contributed by atoms with Crippen molar-refractivity contribution in [3.8, 4) is 0 Å². The fourth-order valence-corrected chi connectivity index (χ4v) is 3.14. The van der Waals surface area contributed by atoms with E-state index in [0.29, 0.717) is 12.5 Å². The van der Waals surface area contributed by atoms with Crippen LogP contribution in [-0.2, 0) is 11.3 Å². The Kier molecular flexibility index (Phi) is 3.76. The third-order valence-corrected chi connectivity index (χ3v) is 4.54. The second kappa shape index (κ2) is 6.07. The molecule has 4 rings (SSSR count). The van der Waals surface area contributed by atoms with Crippen LogP contribution >= 0.6 is 0 Å². The Labute approximate surface area is 139 Å². The maximum atomic E-state index is 13.1. The Bertz CT molecular complexity index is 868. The number of carbonyl (C=O) groups excluding carboxylic acids is 1. The summed E-state index contributed by atoms with van der Waals surface area (Å²) in [6.45, 7) is 0.376. The lowest BCUT2D eigenvalue weighted by Crippen LogP contribution is -2.30. The summed E-state index contributed by atoms with van der Waals surface area (Å²) in [4.78, 5) is 17.1. The largest absolute Gasteiger partial charge is 0.348 e. The van der Waals surface area contributed by atoms with Crippen molar-refractivity contribution in [1.29, 1.82) is 0 Å². The van der Waals surface area contributed by atoms with Crippen LogP contribution in [-0.4, -0.2) is 15.3 Å². The lowest BCUT2D eigenvalue weighted by molar-refractivity contribution is -0.123. The number of aromatic nitrogens is 2. The summed E-state index contributed by atoms with van der Waals surface area (Å²) in [6, 6.07) is 12.1. The molecule has 1 saturated carbocycles. The van der Waals surface area contributed by atoms with Crippen molar-refractivity contribution in [2.45, 2.75) is 25.3 Å². The van der Waals surface area contributed by atoms with Crippen LogP contribution in [0.1, 0.15) is 30.1 Å². The van der Waals surface area contributed by atoms with Gasteiger partial charge in [-0.3, -0.25) is 4.79 Å². The molecule has 4 nitrogen and oxygen atoms in total. The lowest BCUT2D eigenvalue weighted by Gasteiger charge is -2.16. The molecule has 1 N–H and O–H groups in total. The first kappa shape index (κ1) is 14.9. The molecule has 0 spiro atoms. The Morgan fingerprint density at radius 2 is 2.04 bits per heavy atom. The van der Waals surface area contributed by atoms with Crippen molar-refractivity contribution >= 4 is 11.4 Å². The van der Waals surface area contributed by atoms with Crippen molar-refractivity contribution in [2.75, 3.05) is 0 Å². The first-order chi connectivity index (χ1) is 11.7. The highest BCUT2D eigenvalue weighted by atomic mass is 19.1. The van der Waals surface area contributed by atoms with Crippen LogP contribution in [0.2, 0.25) is 0 Å². The average molecular weight is 323 g/mol. The van der Waals surface area contributed by atoms with Crippen molar-refractivity contribution in [3.63, 3.8) is 0 Å². The molecule has 1 unspecified atom stereocenters. The molecule has 1 amide bonds. The van der Waals surface area contributed by atoms with Crippen LogP contribution in [0.15, 0.2) is 54.9 Å². The summed E-state index contributed by atoms with van der Waals surface area (Å²) in [5.74, 6) is 0.645. The van der Waals surface area contributed by atoms with Gasteiger partial charge in [-0.15, -0.1) is 0 Å². The molecule has 1 atom stereocenters. The van der Waals surface area contributed by atoms with Crippen LogP contribution in [0.4, 0.5) is 4.39 Å². The minimum absolute atomic E-state index is 0.0169. The molecule has 3 aromatic rings. The number of pyridine rings is 1. The van der Waals surface area contributed by atoms with Crippen LogP contribution in [0, 0.1) is 11.7 Å². The van der Waals surface area contributed by atoms with Gasteiger partial charge in [0.1, 0.15) is 11.6 Å². The highest BCUT2D eigenvalue weighted by molar-refractivity contribution is 5.84. The number of carbonyl (C=O) groups is 1. The summed E-state index contributed by atoms with van der Waals surface area (Å²) in [5.41, 5.74) is 1.88. The molecular weight excluding hydrogens is 305 g/mol. The average Bonchev–Trinajstić information content (AvgIpc) is 3.34. The van der Waals surface area contributed by atoms with Crippen molar-refractivity contribution in [3.05, 3.63) is 72.1 Å². The molecule has 0 aliphatic heterocycles.